The van der Waals surface area contributed by atoms with Crippen LogP contribution in [0.5, 0.6) is 5.75 Å². The smallest absolute Gasteiger partial charge is 0.331 e. The number of hydrogen-bond donors (Lipinski definition) is 0. The van der Waals surface area contributed by atoms with Gasteiger partial charge in [-0.05, 0) is 98.0 Å². The molecule has 0 spiro atoms. The average Bonchev–Trinajstić information content (AvgIpc) is 3.39. The summed E-state index contributed by atoms with van der Waals surface area (Å²) < 4.78 is 10.7. The van der Waals surface area contributed by atoms with Crippen molar-refractivity contribution in [1.82, 2.24) is 0 Å². The highest BCUT2D eigenvalue weighted by atomic mass is 16.5. The zero-order chi connectivity index (χ0) is 28.9. The molecular weight excluding hydrogens is 500 g/mol. The SMILES string of the molecule is COc1ccccc1/C=C/C(=O)OC/C(C)=C\C=C/[C@H](C)[C@H]1CC[C@]2(C)C[C@@H]3C(C)=CC(=O)[C@H]3/C(C=O)=C\C[C@@H]12. The number of ether oxygens (including phenoxy) is 2. The summed E-state index contributed by atoms with van der Waals surface area (Å²) in [6.45, 7) is 8.89. The molecule has 1 fully saturated rings. The Morgan fingerprint density at radius 2 is 2.02 bits per heavy atom. The van der Waals surface area contributed by atoms with E-state index in [0.29, 0.717) is 29.1 Å². The van der Waals surface area contributed by atoms with Gasteiger partial charge in [-0.3, -0.25) is 9.59 Å². The first-order valence-electron chi connectivity index (χ1n) is 14.4. The molecule has 3 aliphatic rings. The predicted octanol–water partition coefficient (Wildman–Crippen LogP) is 7.10. The number of aldehydes is 1. The van der Waals surface area contributed by atoms with Crippen molar-refractivity contribution in [3.63, 3.8) is 0 Å². The van der Waals surface area contributed by atoms with Crippen LogP contribution in [0.4, 0.5) is 0 Å². The van der Waals surface area contributed by atoms with Crippen molar-refractivity contribution in [1.29, 1.82) is 0 Å². The van der Waals surface area contributed by atoms with E-state index >= 15 is 0 Å². The molecule has 1 saturated carbocycles. The lowest BCUT2D eigenvalue weighted by Gasteiger charge is -2.40. The van der Waals surface area contributed by atoms with Gasteiger partial charge in [0.25, 0.3) is 0 Å². The first kappa shape index (κ1) is 29.5. The van der Waals surface area contributed by atoms with Crippen LogP contribution < -0.4 is 4.74 Å². The zero-order valence-corrected chi connectivity index (χ0v) is 24.4. The van der Waals surface area contributed by atoms with Crippen molar-refractivity contribution in [2.24, 2.45) is 35.0 Å². The summed E-state index contributed by atoms with van der Waals surface area (Å²) in [5.74, 6) is 1.59. The highest BCUT2D eigenvalue weighted by Gasteiger charge is 2.50. The molecule has 5 nitrogen and oxygen atoms in total. The van der Waals surface area contributed by atoms with E-state index in [1.165, 1.54) is 6.08 Å². The molecule has 0 radical (unpaired) electrons. The van der Waals surface area contributed by atoms with E-state index in [4.69, 9.17) is 9.47 Å². The Labute approximate surface area is 238 Å². The van der Waals surface area contributed by atoms with Gasteiger partial charge in [-0.1, -0.05) is 61.9 Å². The average molecular weight is 543 g/mol. The minimum absolute atomic E-state index is 0.0917. The topological polar surface area (TPSA) is 69.7 Å². The van der Waals surface area contributed by atoms with Crippen LogP contribution in [0.1, 0.15) is 58.9 Å². The van der Waals surface area contributed by atoms with Crippen molar-refractivity contribution < 1.29 is 23.9 Å². The highest BCUT2D eigenvalue weighted by Crippen LogP contribution is 2.58. The molecule has 0 saturated heterocycles. The van der Waals surface area contributed by atoms with Crippen molar-refractivity contribution in [3.8, 4) is 5.75 Å². The van der Waals surface area contributed by atoms with Crippen LogP contribution in [-0.2, 0) is 19.1 Å². The van der Waals surface area contributed by atoms with E-state index in [-0.39, 0.29) is 29.6 Å². The van der Waals surface area contributed by atoms with E-state index in [1.807, 2.05) is 44.2 Å². The maximum absolute atomic E-state index is 12.7. The van der Waals surface area contributed by atoms with Gasteiger partial charge in [0.1, 0.15) is 18.6 Å². The Morgan fingerprint density at radius 1 is 1.25 bits per heavy atom. The maximum atomic E-state index is 12.7. The van der Waals surface area contributed by atoms with Crippen LogP contribution in [0, 0.1) is 35.0 Å². The summed E-state index contributed by atoms with van der Waals surface area (Å²) >= 11 is 0. The second kappa shape index (κ2) is 12.8. The molecule has 3 aliphatic carbocycles. The molecule has 40 heavy (non-hydrogen) atoms. The molecular formula is C35H42O5. The van der Waals surface area contributed by atoms with E-state index in [2.05, 4.69) is 32.1 Å². The number of ketones is 1. The third-order valence-corrected chi connectivity index (χ3v) is 9.36. The number of allylic oxidation sites excluding steroid dienone is 7. The molecule has 0 aromatic heterocycles. The third-order valence-electron chi connectivity index (χ3n) is 9.36. The number of rotatable bonds is 9. The molecule has 6 atom stereocenters. The fraction of sp³-hybridized carbons (Fsp3) is 0.457. The van der Waals surface area contributed by atoms with Gasteiger partial charge in [-0.2, -0.15) is 0 Å². The minimum Gasteiger partial charge on any atom is -0.496 e. The van der Waals surface area contributed by atoms with Crippen molar-refractivity contribution in [2.45, 2.75) is 53.4 Å². The molecule has 1 aromatic rings. The number of benzene rings is 1. The molecule has 4 rings (SSSR count). The van der Waals surface area contributed by atoms with Crippen LogP contribution in [0.15, 0.2) is 77.4 Å². The molecule has 0 aliphatic heterocycles. The van der Waals surface area contributed by atoms with Crippen molar-refractivity contribution in [3.05, 3.63) is 83.0 Å². The van der Waals surface area contributed by atoms with Gasteiger partial charge >= 0.3 is 5.97 Å². The van der Waals surface area contributed by atoms with Gasteiger partial charge in [-0.15, -0.1) is 0 Å². The van der Waals surface area contributed by atoms with E-state index in [0.717, 1.165) is 48.7 Å². The first-order chi connectivity index (χ1) is 19.2. The third kappa shape index (κ3) is 6.46. The van der Waals surface area contributed by atoms with E-state index < -0.39 is 5.97 Å². The first-order valence-corrected chi connectivity index (χ1v) is 14.4. The Balaban J connectivity index is 1.35. The quantitative estimate of drug-likeness (QED) is 0.144. The summed E-state index contributed by atoms with van der Waals surface area (Å²) in [6, 6.07) is 7.50. The standard InChI is InChI=1S/C35H42O5/c1-23(22-40-33(38)16-14-26-11-6-7-12-32(26)39-5)9-8-10-24(2)28-17-18-35(4)20-29-25(3)19-31(37)34(29)27(21-36)13-15-30(28)35/h6-14,16,19,21,24,28-30,34H,15,17-18,20,22H2,1-5H3/b10-8-,16-14+,23-9-,27-13-/t24-,28+,29+,30-,34-,35+/m0/s1. The molecule has 0 unspecified atom stereocenters. The summed E-state index contributed by atoms with van der Waals surface area (Å²) in [4.78, 5) is 36.8. The van der Waals surface area contributed by atoms with Gasteiger partial charge in [0.05, 0.1) is 13.0 Å². The van der Waals surface area contributed by atoms with Crippen LogP contribution in [0.2, 0.25) is 0 Å². The predicted molar refractivity (Wildman–Crippen MR) is 158 cm³/mol. The molecule has 0 bridgehead atoms. The van der Waals surface area contributed by atoms with Crippen LogP contribution in [0.25, 0.3) is 6.08 Å². The number of esters is 1. The molecule has 0 amide bonds. The Morgan fingerprint density at radius 3 is 2.77 bits per heavy atom. The lowest BCUT2D eigenvalue weighted by atomic mass is 9.63. The number of carbonyl (C=O) groups is 3. The fourth-order valence-electron chi connectivity index (χ4n) is 7.09. The summed E-state index contributed by atoms with van der Waals surface area (Å²) in [6.07, 6.45) is 18.3. The second-order valence-corrected chi connectivity index (χ2v) is 12.0. The Hall–Kier alpha value is -3.47. The second-order valence-electron chi connectivity index (χ2n) is 12.0. The zero-order valence-electron chi connectivity index (χ0n) is 24.4. The van der Waals surface area contributed by atoms with Crippen LogP contribution in [-0.4, -0.2) is 31.8 Å². The number of fused-ring (bicyclic) bond motifs is 2. The summed E-state index contributed by atoms with van der Waals surface area (Å²) in [5, 5.41) is 0. The van der Waals surface area contributed by atoms with Crippen molar-refractivity contribution in [2.75, 3.05) is 13.7 Å². The lowest BCUT2D eigenvalue weighted by molar-refractivity contribution is -0.136. The largest absolute Gasteiger partial charge is 0.496 e. The summed E-state index contributed by atoms with van der Waals surface area (Å²) in [5.41, 5.74) is 3.72. The van der Waals surface area contributed by atoms with Gasteiger partial charge in [0, 0.05) is 11.6 Å². The lowest BCUT2D eigenvalue weighted by Crippen LogP contribution is -2.34. The number of hydrogen-bond acceptors (Lipinski definition) is 5. The Bertz CT molecular complexity index is 1280. The van der Waals surface area contributed by atoms with E-state index in [1.54, 1.807) is 19.3 Å². The van der Waals surface area contributed by atoms with Gasteiger partial charge in [0.15, 0.2) is 5.78 Å². The number of para-hydroxylation sites is 1. The fourth-order valence-corrected chi connectivity index (χ4v) is 7.09. The van der Waals surface area contributed by atoms with Crippen molar-refractivity contribution >= 4 is 24.1 Å². The molecule has 0 N–H and O–H groups in total. The molecule has 212 valence electrons. The van der Waals surface area contributed by atoms with E-state index in [9.17, 15) is 14.4 Å². The highest BCUT2D eigenvalue weighted by molar-refractivity contribution is 6.01. The van der Waals surface area contributed by atoms with Crippen LogP contribution >= 0.6 is 0 Å². The van der Waals surface area contributed by atoms with Gasteiger partial charge in [0.2, 0.25) is 0 Å². The van der Waals surface area contributed by atoms with Gasteiger partial charge < -0.3 is 9.47 Å². The van der Waals surface area contributed by atoms with Gasteiger partial charge in [-0.25, -0.2) is 4.79 Å². The van der Waals surface area contributed by atoms with Crippen LogP contribution in [0.3, 0.4) is 0 Å². The Kier molecular flexibility index (Phi) is 9.44. The molecule has 0 heterocycles. The minimum atomic E-state index is -0.399. The number of methoxy groups -OCH3 is 1. The number of carbonyl (C=O) groups excluding carboxylic acids is 3. The normalized spacial score (nSPS) is 30.6. The maximum Gasteiger partial charge on any atom is 0.331 e. The summed E-state index contributed by atoms with van der Waals surface area (Å²) in [7, 11) is 1.60. The molecule has 1 aromatic carbocycles. The molecule has 5 heteroatoms. The monoisotopic (exact) mass is 542 g/mol.